The van der Waals surface area contributed by atoms with Gasteiger partial charge in [0.25, 0.3) is 0 Å². The maximum Gasteiger partial charge on any atom is 0.226 e. The van der Waals surface area contributed by atoms with Crippen molar-refractivity contribution in [2.24, 2.45) is 11.8 Å². The molecule has 0 spiro atoms. The molecule has 1 fully saturated rings. The van der Waals surface area contributed by atoms with E-state index < -0.39 is 0 Å². The molecule has 1 saturated heterocycles. The van der Waals surface area contributed by atoms with E-state index in [1.54, 1.807) is 0 Å². The van der Waals surface area contributed by atoms with Crippen LogP contribution < -0.4 is 10.6 Å². The summed E-state index contributed by atoms with van der Waals surface area (Å²) in [7, 11) is 0. The van der Waals surface area contributed by atoms with Crippen LogP contribution in [0.2, 0.25) is 0 Å². The van der Waals surface area contributed by atoms with E-state index >= 15 is 0 Å². The Morgan fingerprint density at radius 2 is 2.56 bits per heavy atom. The number of aromatic nitrogens is 1. The second-order valence-electron chi connectivity index (χ2n) is 5.13. The summed E-state index contributed by atoms with van der Waals surface area (Å²) in [5.41, 5.74) is 0.958. The van der Waals surface area contributed by atoms with Crippen molar-refractivity contribution < 1.29 is 4.79 Å². The van der Waals surface area contributed by atoms with E-state index in [2.05, 4.69) is 22.5 Å². The highest BCUT2D eigenvalue weighted by molar-refractivity contribution is 7.13. The van der Waals surface area contributed by atoms with E-state index in [4.69, 9.17) is 0 Å². The van der Waals surface area contributed by atoms with Crippen LogP contribution in [0, 0.1) is 18.8 Å². The zero-order valence-corrected chi connectivity index (χ0v) is 11.8. The van der Waals surface area contributed by atoms with Gasteiger partial charge in [0.15, 0.2) is 5.13 Å². The molecule has 4 nitrogen and oxygen atoms in total. The number of hydrogen-bond acceptors (Lipinski definition) is 4. The fourth-order valence-electron chi connectivity index (χ4n) is 2.41. The van der Waals surface area contributed by atoms with Crippen LogP contribution in [-0.4, -0.2) is 24.0 Å². The van der Waals surface area contributed by atoms with Crippen molar-refractivity contribution in [3.05, 3.63) is 11.1 Å². The molecule has 2 N–H and O–H groups in total. The van der Waals surface area contributed by atoms with Crippen LogP contribution in [-0.2, 0) is 4.79 Å². The van der Waals surface area contributed by atoms with Crippen molar-refractivity contribution in [2.75, 3.05) is 18.4 Å². The Bertz CT molecular complexity index is 399. The normalized spacial score (nSPS) is 21.6. The van der Waals surface area contributed by atoms with Crippen LogP contribution in [0.3, 0.4) is 0 Å². The average molecular weight is 267 g/mol. The molecule has 100 valence electrons. The summed E-state index contributed by atoms with van der Waals surface area (Å²) in [6.07, 6.45) is 3.05. The third-order valence-corrected chi connectivity index (χ3v) is 4.39. The fraction of sp³-hybridized carbons (Fsp3) is 0.692. The topological polar surface area (TPSA) is 54.0 Å². The van der Waals surface area contributed by atoms with Crippen molar-refractivity contribution in [3.63, 3.8) is 0 Å². The van der Waals surface area contributed by atoms with Gasteiger partial charge in [-0.15, -0.1) is 11.3 Å². The summed E-state index contributed by atoms with van der Waals surface area (Å²) in [5.74, 6) is 1.14. The van der Waals surface area contributed by atoms with Crippen LogP contribution in [0.5, 0.6) is 0 Å². The second kappa shape index (κ2) is 6.29. The van der Waals surface area contributed by atoms with Crippen molar-refractivity contribution >= 4 is 22.4 Å². The first-order valence-corrected chi connectivity index (χ1v) is 7.46. The Morgan fingerprint density at radius 1 is 1.72 bits per heavy atom. The molecule has 0 aliphatic carbocycles. The van der Waals surface area contributed by atoms with Gasteiger partial charge in [-0.2, -0.15) is 0 Å². The molecule has 18 heavy (non-hydrogen) atoms. The first-order chi connectivity index (χ1) is 8.65. The Labute approximate surface area is 112 Å². The smallest absolute Gasteiger partial charge is 0.226 e. The first kappa shape index (κ1) is 13.5. The monoisotopic (exact) mass is 267 g/mol. The van der Waals surface area contributed by atoms with Crippen molar-refractivity contribution in [1.82, 2.24) is 10.3 Å². The molecule has 2 rings (SSSR count). The number of nitrogens with zero attached hydrogens (tertiary/aromatic N) is 1. The van der Waals surface area contributed by atoms with Gasteiger partial charge >= 0.3 is 0 Å². The summed E-state index contributed by atoms with van der Waals surface area (Å²) in [6.45, 7) is 6.27. The summed E-state index contributed by atoms with van der Waals surface area (Å²) in [6, 6.07) is 0. The zero-order valence-electron chi connectivity index (χ0n) is 11.0. The summed E-state index contributed by atoms with van der Waals surface area (Å²) >= 11 is 1.49. The van der Waals surface area contributed by atoms with Gasteiger partial charge in [0, 0.05) is 11.8 Å². The lowest BCUT2D eigenvalue weighted by molar-refractivity contribution is -0.117. The summed E-state index contributed by atoms with van der Waals surface area (Å²) in [4.78, 5) is 16.2. The van der Waals surface area contributed by atoms with Gasteiger partial charge in [-0.25, -0.2) is 4.98 Å². The number of anilines is 1. The Kier molecular flexibility index (Phi) is 4.72. The molecular weight excluding hydrogens is 246 g/mol. The molecule has 1 aliphatic heterocycles. The van der Waals surface area contributed by atoms with Gasteiger partial charge in [-0.1, -0.05) is 6.92 Å². The zero-order chi connectivity index (χ0) is 13.0. The fourth-order valence-corrected chi connectivity index (χ4v) is 3.11. The molecular formula is C13H21N3OS. The van der Waals surface area contributed by atoms with E-state index in [1.807, 2.05) is 12.3 Å². The first-order valence-electron chi connectivity index (χ1n) is 6.58. The minimum Gasteiger partial charge on any atom is -0.316 e. The Hall–Kier alpha value is -0.940. The van der Waals surface area contributed by atoms with Crippen LogP contribution in [0.1, 0.15) is 31.9 Å². The van der Waals surface area contributed by atoms with Gasteiger partial charge in [0.1, 0.15) is 0 Å². The summed E-state index contributed by atoms with van der Waals surface area (Å²) < 4.78 is 0. The number of piperidine rings is 1. The van der Waals surface area contributed by atoms with E-state index in [0.717, 1.165) is 18.8 Å². The van der Waals surface area contributed by atoms with E-state index in [0.29, 0.717) is 23.4 Å². The molecule has 0 aromatic carbocycles. The Balaban J connectivity index is 1.79. The number of carbonyl (C=O) groups is 1. The largest absolute Gasteiger partial charge is 0.316 e. The molecule has 0 saturated carbocycles. The van der Waals surface area contributed by atoms with Gasteiger partial charge in [0.2, 0.25) is 5.91 Å². The highest BCUT2D eigenvalue weighted by atomic mass is 32.1. The van der Waals surface area contributed by atoms with Gasteiger partial charge in [0.05, 0.1) is 5.69 Å². The highest BCUT2D eigenvalue weighted by Gasteiger charge is 2.22. The SMILES string of the molecule is Cc1csc(NC(=O)CC(C)C2CCCNC2)n1. The van der Waals surface area contributed by atoms with Crippen molar-refractivity contribution in [2.45, 2.75) is 33.1 Å². The minimum absolute atomic E-state index is 0.0856. The average Bonchev–Trinajstić information content (AvgIpc) is 2.75. The number of aryl methyl sites for hydroxylation is 1. The molecule has 0 bridgehead atoms. The number of nitrogens with one attached hydrogen (secondary N) is 2. The molecule has 2 atom stereocenters. The Morgan fingerprint density at radius 3 is 3.17 bits per heavy atom. The molecule has 1 aliphatic rings. The molecule has 1 aromatic rings. The molecule has 2 heterocycles. The lowest BCUT2D eigenvalue weighted by atomic mass is 9.85. The van der Waals surface area contributed by atoms with E-state index in [-0.39, 0.29) is 5.91 Å². The van der Waals surface area contributed by atoms with Crippen LogP contribution in [0.15, 0.2) is 5.38 Å². The third-order valence-electron chi connectivity index (χ3n) is 3.51. The van der Waals surface area contributed by atoms with Crippen molar-refractivity contribution in [1.29, 1.82) is 0 Å². The lowest BCUT2D eigenvalue weighted by Crippen LogP contribution is -2.34. The second-order valence-corrected chi connectivity index (χ2v) is 5.99. The quantitative estimate of drug-likeness (QED) is 0.881. The molecule has 2 unspecified atom stereocenters. The maximum absolute atomic E-state index is 11.9. The van der Waals surface area contributed by atoms with Gasteiger partial charge in [-0.3, -0.25) is 4.79 Å². The third kappa shape index (κ3) is 3.78. The van der Waals surface area contributed by atoms with Gasteiger partial charge in [-0.05, 0) is 44.7 Å². The molecule has 5 heteroatoms. The number of rotatable bonds is 4. The number of carbonyl (C=O) groups excluding carboxylic acids is 1. The van der Waals surface area contributed by atoms with Crippen LogP contribution in [0.25, 0.3) is 0 Å². The summed E-state index contributed by atoms with van der Waals surface area (Å²) in [5, 5.41) is 8.94. The van der Waals surface area contributed by atoms with Gasteiger partial charge < -0.3 is 10.6 Å². The van der Waals surface area contributed by atoms with E-state index in [1.165, 1.54) is 24.2 Å². The molecule has 1 amide bonds. The van der Waals surface area contributed by atoms with Crippen LogP contribution >= 0.6 is 11.3 Å². The number of thiazole rings is 1. The number of amides is 1. The van der Waals surface area contributed by atoms with E-state index in [9.17, 15) is 4.79 Å². The lowest BCUT2D eigenvalue weighted by Gasteiger charge is -2.27. The highest BCUT2D eigenvalue weighted by Crippen LogP contribution is 2.23. The minimum atomic E-state index is 0.0856. The maximum atomic E-state index is 11.9. The molecule has 0 radical (unpaired) electrons. The van der Waals surface area contributed by atoms with Crippen LogP contribution in [0.4, 0.5) is 5.13 Å². The van der Waals surface area contributed by atoms with Crippen molar-refractivity contribution in [3.8, 4) is 0 Å². The number of hydrogen-bond donors (Lipinski definition) is 2. The predicted octanol–water partition coefficient (Wildman–Crippen LogP) is 2.42. The standard InChI is InChI=1S/C13H21N3OS/c1-9(11-4-3-5-14-7-11)6-12(17)16-13-15-10(2)8-18-13/h8-9,11,14H,3-7H2,1-2H3,(H,15,16,17). The molecule has 1 aromatic heterocycles. The predicted molar refractivity (Wildman–Crippen MR) is 74.9 cm³/mol.